The molecule has 2 unspecified atom stereocenters. The molecule has 0 nitrogen and oxygen atoms in total. The second-order valence-corrected chi connectivity index (χ2v) is 9.43. The topological polar surface area (TPSA) is 0 Å². The highest BCUT2D eigenvalue weighted by atomic mass is 14.4. The van der Waals surface area contributed by atoms with E-state index in [2.05, 4.69) is 26.0 Å². The Morgan fingerprint density at radius 2 is 0.917 bits per heavy atom. The quantitative estimate of drug-likeness (QED) is 0.436. The molecule has 3 rings (SSSR count). The van der Waals surface area contributed by atoms with Crippen molar-refractivity contribution in [3.05, 3.63) is 12.2 Å². The van der Waals surface area contributed by atoms with Crippen molar-refractivity contribution in [1.29, 1.82) is 0 Å². The summed E-state index contributed by atoms with van der Waals surface area (Å²) in [7, 11) is 0. The first-order valence-electron chi connectivity index (χ1n) is 11.5. The molecule has 24 heavy (non-hydrogen) atoms. The molecule has 0 aromatic carbocycles. The summed E-state index contributed by atoms with van der Waals surface area (Å²) in [6.07, 6.45) is 26.3. The smallest absolute Gasteiger partial charge is 0.0205 e. The Kier molecular flexibility index (Phi) is 7.29. The largest absolute Gasteiger partial charge is 0.0849 e. The van der Waals surface area contributed by atoms with Crippen LogP contribution in [0.2, 0.25) is 0 Å². The average molecular weight is 331 g/mol. The summed E-state index contributed by atoms with van der Waals surface area (Å²) in [5.41, 5.74) is 0. The molecule has 0 aliphatic heterocycles. The Hall–Kier alpha value is -0.260. The predicted octanol–water partition coefficient (Wildman–Crippen LogP) is 7.78. The van der Waals surface area contributed by atoms with E-state index in [-0.39, 0.29) is 0 Å². The second kappa shape index (κ2) is 9.44. The van der Waals surface area contributed by atoms with Gasteiger partial charge < -0.3 is 0 Å². The molecule has 0 spiro atoms. The molecule has 0 radical (unpaired) electrons. The monoisotopic (exact) mass is 330 g/mol. The molecule has 0 N–H and O–H groups in total. The van der Waals surface area contributed by atoms with Crippen LogP contribution in [0.5, 0.6) is 0 Å². The summed E-state index contributed by atoms with van der Waals surface area (Å²) in [5, 5.41) is 0. The molecule has 0 saturated heterocycles. The van der Waals surface area contributed by atoms with E-state index >= 15 is 0 Å². The Morgan fingerprint density at radius 1 is 0.542 bits per heavy atom. The molecule has 0 heterocycles. The van der Waals surface area contributed by atoms with E-state index in [1.54, 1.807) is 0 Å². The fourth-order valence-electron chi connectivity index (χ4n) is 6.28. The van der Waals surface area contributed by atoms with Crippen LogP contribution in [0.25, 0.3) is 0 Å². The van der Waals surface area contributed by atoms with Gasteiger partial charge in [-0.15, -0.1) is 0 Å². The van der Waals surface area contributed by atoms with E-state index in [0.29, 0.717) is 0 Å². The highest BCUT2D eigenvalue weighted by molar-refractivity contribution is 5.03. The summed E-state index contributed by atoms with van der Waals surface area (Å²) in [4.78, 5) is 0. The minimum Gasteiger partial charge on any atom is -0.0849 e. The first kappa shape index (κ1) is 18.5. The van der Waals surface area contributed by atoms with Crippen LogP contribution < -0.4 is 0 Å². The molecule has 0 bridgehead atoms. The van der Waals surface area contributed by atoms with Gasteiger partial charge in [0, 0.05) is 0 Å². The van der Waals surface area contributed by atoms with Crippen LogP contribution in [-0.2, 0) is 0 Å². The Labute approximate surface area is 151 Å². The molecule has 0 aromatic rings. The van der Waals surface area contributed by atoms with Crippen molar-refractivity contribution in [3.63, 3.8) is 0 Å². The van der Waals surface area contributed by atoms with Gasteiger partial charge in [0.05, 0.1) is 0 Å². The maximum atomic E-state index is 2.68. The van der Waals surface area contributed by atoms with Crippen LogP contribution in [0.1, 0.15) is 104 Å². The lowest BCUT2D eigenvalue weighted by molar-refractivity contribution is 0.176. The zero-order valence-electron chi connectivity index (χ0n) is 16.5. The van der Waals surface area contributed by atoms with Gasteiger partial charge in [-0.1, -0.05) is 77.4 Å². The Bertz CT molecular complexity index is 329. The first-order valence-corrected chi connectivity index (χ1v) is 11.5. The van der Waals surface area contributed by atoms with Crippen LogP contribution in [0.15, 0.2) is 12.2 Å². The van der Waals surface area contributed by atoms with E-state index in [9.17, 15) is 0 Å². The molecule has 138 valence electrons. The molecular formula is C24H42. The van der Waals surface area contributed by atoms with Gasteiger partial charge in [-0.3, -0.25) is 0 Å². The molecule has 2 saturated carbocycles. The van der Waals surface area contributed by atoms with E-state index in [1.807, 2.05) is 0 Å². The second-order valence-electron chi connectivity index (χ2n) is 9.43. The van der Waals surface area contributed by atoms with Gasteiger partial charge >= 0.3 is 0 Å². The maximum absolute atomic E-state index is 2.68. The summed E-state index contributed by atoms with van der Waals surface area (Å²) < 4.78 is 0. The molecule has 2 fully saturated rings. The van der Waals surface area contributed by atoms with Gasteiger partial charge in [-0.2, -0.15) is 0 Å². The molecule has 0 amide bonds. The first-order chi connectivity index (χ1) is 11.8. The number of rotatable bonds is 6. The number of allylic oxidation sites excluding steroid dienone is 2. The average Bonchev–Trinajstić information content (AvgIpc) is 2.64. The number of hydrogen-bond donors (Lipinski definition) is 0. The third-order valence-corrected chi connectivity index (χ3v) is 7.83. The SMILES string of the molecule is CCCC1CCC(C2C=CC(C3CCC(CCC)CC3)CC2)CC1. The Balaban J connectivity index is 1.42. The standard InChI is InChI=1S/C24H42/c1-3-5-19-7-11-21(12-8-19)23-15-17-24(18-16-23)22-13-9-20(6-4-2)10-14-22/h15,17,19-24H,3-14,16,18H2,1-2H3. The van der Waals surface area contributed by atoms with Crippen LogP contribution in [-0.4, -0.2) is 0 Å². The van der Waals surface area contributed by atoms with Crippen molar-refractivity contribution in [2.45, 2.75) is 104 Å². The van der Waals surface area contributed by atoms with Crippen molar-refractivity contribution in [1.82, 2.24) is 0 Å². The zero-order valence-corrected chi connectivity index (χ0v) is 16.5. The predicted molar refractivity (Wildman–Crippen MR) is 106 cm³/mol. The van der Waals surface area contributed by atoms with Crippen molar-refractivity contribution in [3.8, 4) is 0 Å². The van der Waals surface area contributed by atoms with Gasteiger partial charge in [-0.25, -0.2) is 0 Å². The van der Waals surface area contributed by atoms with E-state index in [0.717, 1.165) is 35.5 Å². The normalized spacial score (nSPS) is 40.6. The maximum Gasteiger partial charge on any atom is -0.0205 e. The van der Waals surface area contributed by atoms with E-state index in [4.69, 9.17) is 0 Å². The fraction of sp³-hybridized carbons (Fsp3) is 0.917. The van der Waals surface area contributed by atoms with Gasteiger partial charge in [-0.05, 0) is 74.0 Å². The van der Waals surface area contributed by atoms with Crippen molar-refractivity contribution >= 4 is 0 Å². The lowest BCUT2D eigenvalue weighted by Crippen LogP contribution is -2.26. The highest BCUT2D eigenvalue weighted by Gasteiger charge is 2.31. The van der Waals surface area contributed by atoms with E-state index in [1.165, 1.54) is 89.9 Å². The summed E-state index contributed by atoms with van der Waals surface area (Å²) in [5.74, 6) is 6.03. The fourth-order valence-corrected chi connectivity index (χ4v) is 6.28. The zero-order chi connectivity index (χ0) is 16.8. The van der Waals surface area contributed by atoms with Crippen LogP contribution in [0.3, 0.4) is 0 Å². The molecule has 3 aliphatic carbocycles. The Morgan fingerprint density at radius 3 is 1.21 bits per heavy atom. The van der Waals surface area contributed by atoms with Crippen molar-refractivity contribution in [2.24, 2.45) is 35.5 Å². The summed E-state index contributed by atoms with van der Waals surface area (Å²) >= 11 is 0. The third-order valence-electron chi connectivity index (χ3n) is 7.83. The molecule has 2 atom stereocenters. The molecule has 0 aromatic heterocycles. The lowest BCUT2D eigenvalue weighted by atomic mass is 9.67. The van der Waals surface area contributed by atoms with Crippen LogP contribution in [0.4, 0.5) is 0 Å². The lowest BCUT2D eigenvalue weighted by Gasteiger charge is -2.38. The number of hydrogen-bond acceptors (Lipinski definition) is 0. The minimum absolute atomic E-state index is 0.931. The minimum atomic E-state index is 0.931. The van der Waals surface area contributed by atoms with Crippen LogP contribution >= 0.6 is 0 Å². The third kappa shape index (κ3) is 4.89. The van der Waals surface area contributed by atoms with Gasteiger partial charge in [0.25, 0.3) is 0 Å². The van der Waals surface area contributed by atoms with Gasteiger partial charge in [0.2, 0.25) is 0 Å². The van der Waals surface area contributed by atoms with Gasteiger partial charge in [0.1, 0.15) is 0 Å². The van der Waals surface area contributed by atoms with Crippen LogP contribution in [0, 0.1) is 35.5 Å². The molecule has 3 aliphatic rings. The van der Waals surface area contributed by atoms with Gasteiger partial charge in [0.15, 0.2) is 0 Å². The molecule has 0 heteroatoms. The summed E-state index contributed by atoms with van der Waals surface area (Å²) in [6.45, 7) is 4.71. The summed E-state index contributed by atoms with van der Waals surface area (Å²) in [6, 6.07) is 0. The highest BCUT2D eigenvalue weighted by Crippen LogP contribution is 2.43. The van der Waals surface area contributed by atoms with Crippen molar-refractivity contribution < 1.29 is 0 Å². The molecular weight excluding hydrogens is 288 g/mol. The van der Waals surface area contributed by atoms with E-state index < -0.39 is 0 Å². The van der Waals surface area contributed by atoms with Crippen molar-refractivity contribution in [2.75, 3.05) is 0 Å².